The van der Waals surface area contributed by atoms with E-state index in [-0.39, 0.29) is 11.9 Å². The smallest absolute Gasteiger partial charge is 0.130 e. The molecular weight excluding hydrogens is 225 g/mol. The van der Waals surface area contributed by atoms with E-state index in [0.717, 1.165) is 24.0 Å². The first-order valence-electron chi connectivity index (χ1n) is 6.77. The highest BCUT2D eigenvalue weighted by molar-refractivity contribution is 5.27. The van der Waals surface area contributed by atoms with Crippen LogP contribution >= 0.6 is 0 Å². The predicted octanol–water partition coefficient (Wildman–Crippen LogP) is 4.61. The Morgan fingerprint density at radius 2 is 1.94 bits per heavy atom. The Bertz CT molecular complexity index is 379. The predicted molar refractivity (Wildman–Crippen MR) is 76.2 cm³/mol. The minimum atomic E-state index is -0.0624. The third-order valence-corrected chi connectivity index (χ3v) is 3.37. The Balaban J connectivity index is 2.69. The lowest BCUT2D eigenvalue weighted by Crippen LogP contribution is -2.19. The zero-order valence-corrected chi connectivity index (χ0v) is 12.3. The van der Waals surface area contributed by atoms with Gasteiger partial charge in [-0.3, -0.25) is 0 Å². The van der Waals surface area contributed by atoms with Crippen LogP contribution in [0.4, 0.5) is 4.39 Å². The number of nitrogens with one attached hydrogen (secondary N) is 1. The molecule has 1 aromatic rings. The van der Waals surface area contributed by atoms with Gasteiger partial charge in [-0.2, -0.15) is 0 Å². The molecule has 0 radical (unpaired) electrons. The summed E-state index contributed by atoms with van der Waals surface area (Å²) >= 11 is 0. The molecule has 0 amide bonds. The van der Waals surface area contributed by atoms with Crippen molar-refractivity contribution in [3.8, 4) is 0 Å². The summed E-state index contributed by atoms with van der Waals surface area (Å²) in [5.41, 5.74) is 1.87. The molecule has 1 atom stereocenters. The van der Waals surface area contributed by atoms with Crippen molar-refractivity contribution in [1.82, 2.24) is 5.32 Å². The van der Waals surface area contributed by atoms with Crippen molar-refractivity contribution in [2.24, 2.45) is 5.41 Å². The van der Waals surface area contributed by atoms with Crippen LogP contribution in [0.25, 0.3) is 0 Å². The van der Waals surface area contributed by atoms with Gasteiger partial charge in [0.05, 0.1) is 0 Å². The SMILES string of the molecule is CNC(CCCC(C)(C)C)c1cccc(C)c1F. The fourth-order valence-electron chi connectivity index (χ4n) is 2.23. The Morgan fingerprint density at radius 1 is 1.28 bits per heavy atom. The second-order valence-electron chi connectivity index (χ2n) is 6.27. The molecule has 0 aliphatic carbocycles. The van der Waals surface area contributed by atoms with Gasteiger partial charge in [-0.15, -0.1) is 0 Å². The van der Waals surface area contributed by atoms with Gasteiger partial charge in [0.15, 0.2) is 0 Å². The second kappa shape index (κ2) is 6.33. The van der Waals surface area contributed by atoms with E-state index >= 15 is 0 Å². The Labute approximate surface area is 111 Å². The standard InChI is InChI=1S/C16H26FN/c1-12-8-6-9-13(15(12)17)14(18-5)10-7-11-16(2,3)4/h6,8-9,14,18H,7,10-11H2,1-5H3. The van der Waals surface area contributed by atoms with Crippen LogP contribution in [0.1, 0.15) is 57.2 Å². The molecule has 1 unspecified atom stereocenters. The molecule has 102 valence electrons. The summed E-state index contributed by atoms with van der Waals surface area (Å²) in [4.78, 5) is 0. The van der Waals surface area contributed by atoms with Gasteiger partial charge in [0.2, 0.25) is 0 Å². The number of hydrogen-bond donors (Lipinski definition) is 1. The minimum absolute atomic E-state index is 0.0624. The van der Waals surface area contributed by atoms with Crippen molar-refractivity contribution in [3.63, 3.8) is 0 Å². The van der Waals surface area contributed by atoms with E-state index in [1.165, 1.54) is 6.42 Å². The summed E-state index contributed by atoms with van der Waals surface area (Å²) in [7, 11) is 1.91. The maximum atomic E-state index is 14.1. The molecule has 1 aromatic carbocycles. The van der Waals surface area contributed by atoms with Crippen LogP contribution in [0.15, 0.2) is 18.2 Å². The number of rotatable bonds is 5. The van der Waals surface area contributed by atoms with Crippen LogP contribution < -0.4 is 5.32 Å². The molecule has 1 N–H and O–H groups in total. The van der Waals surface area contributed by atoms with E-state index in [0.29, 0.717) is 5.41 Å². The number of halogens is 1. The van der Waals surface area contributed by atoms with E-state index < -0.39 is 0 Å². The van der Waals surface area contributed by atoms with Crippen molar-refractivity contribution in [2.75, 3.05) is 7.05 Å². The van der Waals surface area contributed by atoms with Crippen molar-refractivity contribution >= 4 is 0 Å². The first-order valence-corrected chi connectivity index (χ1v) is 6.77. The lowest BCUT2D eigenvalue weighted by atomic mass is 9.88. The van der Waals surface area contributed by atoms with Crippen LogP contribution in [0.2, 0.25) is 0 Å². The minimum Gasteiger partial charge on any atom is -0.313 e. The van der Waals surface area contributed by atoms with Crippen molar-refractivity contribution < 1.29 is 4.39 Å². The van der Waals surface area contributed by atoms with E-state index in [1.54, 1.807) is 0 Å². The number of hydrogen-bond acceptors (Lipinski definition) is 1. The van der Waals surface area contributed by atoms with Crippen molar-refractivity contribution in [2.45, 2.75) is 53.0 Å². The summed E-state index contributed by atoms with van der Waals surface area (Å²) in [6.45, 7) is 8.55. The van der Waals surface area contributed by atoms with E-state index in [9.17, 15) is 4.39 Å². The van der Waals surface area contributed by atoms with Crippen LogP contribution in [0, 0.1) is 18.2 Å². The highest BCUT2D eigenvalue weighted by atomic mass is 19.1. The van der Waals surface area contributed by atoms with Crippen LogP contribution in [-0.4, -0.2) is 7.05 Å². The summed E-state index contributed by atoms with van der Waals surface area (Å²) < 4.78 is 14.1. The average Bonchev–Trinajstić information content (AvgIpc) is 2.27. The highest BCUT2D eigenvalue weighted by Gasteiger charge is 2.16. The first kappa shape index (κ1) is 15.2. The molecule has 1 nitrogen and oxygen atoms in total. The van der Waals surface area contributed by atoms with Gasteiger partial charge < -0.3 is 5.32 Å². The molecule has 2 heteroatoms. The molecule has 0 aliphatic heterocycles. The lowest BCUT2D eigenvalue weighted by Gasteiger charge is -2.22. The molecule has 0 spiro atoms. The molecule has 0 aliphatic rings. The normalized spacial score (nSPS) is 13.7. The molecule has 0 saturated heterocycles. The molecular formula is C16H26FN. The van der Waals surface area contributed by atoms with Crippen LogP contribution in [0.3, 0.4) is 0 Å². The maximum Gasteiger partial charge on any atom is 0.130 e. The molecule has 0 bridgehead atoms. The Morgan fingerprint density at radius 3 is 2.50 bits per heavy atom. The van der Waals surface area contributed by atoms with Gasteiger partial charge in [0.25, 0.3) is 0 Å². The van der Waals surface area contributed by atoms with Gasteiger partial charge in [-0.05, 0) is 37.8 Å². The van der Waals surface area contributed by atoms with Gasteiger partial charge in [-0.1, -0.05) is 45.4 Å². The largest absolute Gasteiger partial charge is 0.313 e. The van der Waals surface area contributed by atoms with E-state index in [2.05, 4.69) is 26.1 Å². The zero-order valence-electron chi connectivity index (χ0n) is 12.3. The Kier molecular flexibility index (Phi) is 5.33. The van der Waals surface area contributed by atoms with E-state index in [1.807, 2.05) is 32.2 Å². The molecule has 18 heavy (non-hydrogen) atoms. The van der Waals surface area contributed by atoms with Crippen LogP contribution in [-0.2, 0) is 0 Å². The first-order chi connectivity index (χ1) is 8.35. The average molecular weight is 251 g/mol. The molecule has 0 fully saturated rings. The summed E-state index contributed by atoms with van der Waals surface area (Å²) in [6, 6.07) is 5.76. The third-order valence-electron chi connectivity index (χ3n) is 3.37. The van der Waals surface area contributed by atoms with Crippen LogP contribution in [0.5, 0.6) is 0 Å². The van der Waals surface area contributed by atoms with Crippen molar-refractivity contribution in [1.29, 1.82) is 0 Å². The molecule has 1 rings (SSSR count). The topological polar surface area (TPSA) is 12.0 Å². The zero-order chi connectivity index (χ0) is 13.8. The summed E-state index contributed by atoms with van der Waals surface area (Å²) in [6.07, 6.45) is 3.26. The fourth-order valence-corrected chi connectivity index (χ4v) is 2.23. The van der Waals surface area contributed by atoms with Gasteiger partial charge >= 0.3 is 0 Å². The van der Waals surface area contributed by atoms with Gasteiger partial charge in [0.1, 0.15) is 5.82 Å². The number of benzene rings is 1. The van der Waals surface area contributed by atoms with E-state index in [4.69, 9.17) is 0 Å². The maximum absolute atomic E-state index is 14.1. The highest BCUT2D eigenvalue weighted by Crippen LogP contribution is 2.27. The molecule has 0 heterocycles. The monoisotopic (exact) mass is 251 g/mol. The second-order valence-corrected chi connectivity index (χ2v) is 6.27. The number of aryl methyl sites for hydroxylation is 1. The fraction of sp³-hybridized carbons (Fsp3) is 0.625. The third kappa shape index (κ3) is 4.41. The Hall–Kier alpha value is -0.890. The lowest BCUT2D eigenvalue weighted by molar-refractivity contribution is 0.345. The van der Waals surface area contributed by atoms with Gasteiger partial charge in [0, 0.05) is 11.6 Å². The molecule has 0 aromatic heterocycles. The quantitative estimate of drug-likeness (QED) is 0.805. The van der Waals surface area contributed by atoms with Gasteiger partial charge in [-0.25, -0.2) is 4.39 Å². The van der Waals surface area contributed by atoms with Crippen molar-refractivity contribution in [3.05, 3.63) is 35.1 Å². The summed E-state index contributed by atoms with van der Waals surface area (Å²) in [5.74, 6) is -0.0624. The summed E-state index contributed by atoms with van der Waals surface area (Å²) in [5, 5.41) is 3.23. The molecule has 0 saturated carbocycles.